The first kappa shape index (κ1) is 30.1. The third-order valence-corrected chi connectivity index (χ3v) is 8.18. The average Bonchev–Trinajstić information content (AvgIpc) is 3.04. The lowest BCUT2D eigenvalue weighted by Crippen LogP contribution is -2.24. The van der Waals surface area contributed by atoms with Crippen LogP contribution in [0.25, 0.3) is 10.8 Å². The van der Waals surface area contributed by atoms with Gasteiger partial charge in [-0.05, 0) is 92.3 Å². The third-order valence-electron chi connectivity index (χ3n) is 8.18. The van der Waals surface area contributed by atoms with Gasteiger partial charge in [0.15, 0.2) is 0 Å². The van der Waals surface area contributed by atoms with E-state index in [1.807, 2.05) is 79.7 Å². The molecule has 0 atom stereocenters. The molecule has 0 aliphatic heterocycles. The van der Waals surface area contributed by atoms with Gasteiger partial charge in [-0.25, -0.2) is 4.79 Å². The minimum Gasteiger partial charge on any atom is -0.459 e. The van der Waals surface area contributed by atoms with Crippen LogP contribution < -0.4 is 4.90 Å². The predicted molar refractivity (Wildman–Crippen MR) is 175 cm³/mol. The Morgan fingerprint density at radius 3 is 1.81 bits per heavy atom. The van der Waals surface area contributed by atoms with E-state index in [0.29, 0.717) is 11.3 Å². The van der Waals surface area contributed by atoms with Gasteiger partial charge in [0.25, 0.3) is 0 Å². The quantitative estimate of drug-likeness (QED) is 0.101. The Kier molecular flexibility index (Phi) is 10.3. The molecular weight excluding hydrogens is 534 g/mol. The van der Waals surface area contributed by atoms with Crippen molar-refractivity contribution in [2.45, 2.75) is 64.4 Å². The second kappa shape index (κ2) is 14.7. The molecule has 1 aliphatic rings. The maximum Gasteiger partial charge on any atom is 0.338 e. The summed E-state index contributed by atoms with van der Waals surface area (Å²) in [6.45, 7) is 2.24. The van der Waals surface area contributed by atoms with E-state index in [-0.39, 0.29) is 12.1 Å². The van der Waals surface area contributed by atoms with Crippen LogP contribution in [0.3, 0.4) is 0 Å². The van der Waals surface area contributed by atoms with E-state index in [9.17, 15) is 4.79 Å². The summed E-state index contributed by atoms with van der Waals surface area (Å²) in [5.74, 6) is 0.525. The first-order valence-corrected chi connectivity index (χ1v) is 15.4. The van der Waals surface area contributed by atoms with E-state index in [0.717, 1.165) is 65.1 Å². The molecule has 0 aromatic heterocycles. The van der Waals surface area contributed by atoms with Gasteiger partial charge in [0.05, 0.1) is 28.3 Å². The van der Waals surface area contributed by atoms with Crippen LogP contribution in [0.2, 0.25) is 0 Å². The summed E-state index contributed by atoms with van der Waals surface area (Å²) in [5, 5.41) is 19.8. The Bertz CT molecular complexity index is 1550. The fourth-order valence-electron chi connectivity index (χ4n) is 5.59. The maximum atomic E-state index is 12.8. The first-order valence-electron chi connectivity index (χ1n) is 15.4. The topological polar surface area (TPSA) is 79.0 Å². The molecule has 0 saturated heterocycles. The molecule has 7 heteroatoms. The highest BCUT2D eigenvalue weighted by Gasteiger charge is 2.24. The zero-order valence-electron chi connectivity index (χ0n) is 25.4. The Morgan fingerprint density at radius 2 is 1.28 bits per heavy atom. The minimum absolute atomic E-state index is 0.0219. The number of rotatable bonds is 11. The second-order valence-electron chi connectivity index (χ2n) is 11.6. The molecule has 1 aliphatic carbocycles. The number of benzene rings is 4. The summed E-state index contributed by atoms with van der Waals surface area (Å²) in [7, 11) is 4.02. The molecule has 1 saturated carbocycles. The molecule has 0 unspecified atom stereocenters. The lowest BCUT2D eigenvalue weighted by molar-refractivity contribution is 0.0161. The lowest BCUT2D eigenvalue weighted by Gasteiger charge is -2.28. The standard InChI is InChI=1S/C36H41N5O2/c1-4-5-6-9-26-12-22-31(23-13-26)43-36(42)27-14-16-28(17-15-27)37-39-34-24-25-35(33-11-8-7-10-32(33)34)40-38-29-18-20-30(21-19-29)41(2)3/h7-8,10-11,14-21,24-26,31H,4-6,9,12-13,22-23H2,1-3H3. The molecule has 0 spiro atoms. The van der Waals surface area contributed by atoms with Crippen molar-refractivity contribution in [3.05, 3.63) is 90.5 Å². The van der Waals surface area contributed by atoms with Crippen LogP contribution in [0.4, 0.5) is 28.4 Å². The van der Waals surface area contributed by atoms with Crippen molar-refractivity contribution in [3.8, 4) is 0 Å². The number of ether oxygens (including phenoxy) is 1. The second-order valence-corrected chi connectivity index (χ2v) is 11.6. The number of unbranched alkanes of at least 4 members (excludes halogenated alkanes) is 2. The van der Waals surface area contributed by atoms with Crippen LogP contribution in [0.15, 0.2) is 105 Å². The third kappa shape index (κ3) is 8.13. The Hall–Kier alpha value is -4.39. The Labute approximate surface area is 254 Å². The van der Waals surface area contributed by atoms with E-state index in [1.165, 1.54) is 25.7 Å². The highest BCUT2D eigenvalue weighted by atomic mass is 16.5. The average molecular weight is 576 g/mol. The van der Waals surface area contributed by atoms with Crippen LogP contribution in [0, 0.1) is 5.92 Å². The van der Waals surface area contributed by atoms with Crippen molar-refractivity contribution in [3.63, 3.8) is 0 Å². The smallest absolute Gasteiger partial charge is 0.338 e. The largest absolute Gasteiger partial charge is 0.459 e. The molecule has 222 valence electrons. The maximum absolute atomic E-state index is 12.8. The molecule has 0 amide bonds. The summed E-state index contributed by atoms with van der Waals surface area (Å²) in [5.41, 5.74) is 4.60. The Balaban J connectivity index is 1.21. The number of hydrogen-bond acceptors (Lipinski definition) is 7. The predicted octanol–water partition coefficient (Wildman–Crippen LogP) is 11.0. The molecule has 0 radical (unpaired) electrons. The number of anilines is 1. The zero-order valence-corrected chi connectivity index (χ0v) is 25.4. The van der Waals surface area contributed by atoms with Crippen molar-refractivity contribution in [2.75, 3.05) is 19.0 Å². The highest BCUT2D eigenvalue weighted by molar-refractivity contribution is 5.99. The van der Waals surface area contributed by atoms with Crippen LogP contribution in [-0.4, -0.2) is 26.2 Å². The van der Waals surface area contributed by atoms with E-state index in [2.05, 4.69) is 27.4 Å². The molecule has 0 bridgehead atoms. The van der Waals surface area contributed by atoms with Gasteiger partial charge in [-0.2, -0.15) is 10.2 Å². The molecule has 5 rings (SSSR count). The number of esters is 1. The van der Waals surface area contributed by atoms with Gasteiger partial charge in [0, 0.05) is 30.6 Å². The van der Waals surface area contributed by atoms with Crippen LogP contribution in [0.5, 0.6) is 0 Å². The van der Waals surface area contributed by atoms with Crippen molar-refractivity contribution in [2.24, 2.45) is 26.4 Å². The van der Waals surface area contributed by atoms with Gasteiger partial charge in [0.1, 0.15) is 6.10 Å². The first-order chi connectivity index (χ1) is 21.0. The summed E-state index contributed by atoms with van der Waals surface area (Å²) in [6, 6.07) is 26.9. The number of azo groups is 2. The monoisotopic (exact) mass is 575 g/mol. The SMILES string of the molecule is CCCCCC1CCC(OC(=O)c2ccc(N=Nc3ccc(N=Nc4ccc(N(C)C)cc4)c4ccccc34)cc2)CC1. The molecule has 0 heterocycles. The summed E-state index contributed by atoms with van der Waals surface area (Å²) in [4.78, 5) is 14.8. The van der Waals surface area contributed by atoms with Gasteiger partial charge in [-0.1, -0.05) is 56.9 Å². The Morgan fingerprint density at radius 1 is 0.721 bits per heavy atom. The fraction of sp³-hybridized carbons (Fsp3) is 0.361. The molecule has 4 aromatic carbocycles. The van der Waals surface area contributed by atoms with Crippen molar-refractivity contribution in [1.29, 1.82) is 0 Å². The number of hydrogen-bond donors (Lipinski definition) is 0. The normalized spacial score (nSPS) is 17.1. The molecule has 43 heavy (non-hydrogen) atoms. The minimum atomic E-state index is -0.262. The summed E-state index contributed by atoms with van der Waals surface area (Å²) >= 11 is 0. The van der Waals surface area contributed by atoms with Crippen molar-refractivity contribution < 1.29 is 9.53 Å². The number of fused-ring (bicyclic) bond motifs is 1. The summed E-state index contributed by atoms with van der Waals surface area (Å²) < 4.78 is 5.83. The number of carbonyl (C=O) groups excluding carboxylic acids is 1. The van der Waals surface area contributed by atoms with Gasteiger partial charge in [-0.15, -0.1) is 10.2 Å². The van der Waals surface area contributed by atoms with Crippen LogP contribution in [-0.2, 0) is 4.74 Å². The summed E-state index contributed by atoms with van der Waals surface area (Å²) in [6.07, 6.45) is 9.47. The molecule has 4 aromatic rings. The van der Waals surface area contributed by atoms with Gasteiger partial charge in [0.2, 0.25) is 0 Å². The van der Waals surface area contributed by atoms with Crippen LogP contribution in [0.1, 0.15) is 68.6 Å². The van der Waals surface area contributed by atoms with Crippen molar-refractivity contribution >= 4 is 45.2 Å². The molecule has 0 N–H and O–H groups in total. The van der Waals surface area contributed by atoms with Crippen LogP contribution >= 0.6 is 0 Å². The molecule has 1 fully saturated rings. The van der Waals surface area contributed by atoms with E-state index < -0.39 is 0 Å². The van der Waals surface area contributed by atoms with E-state index in [4.69, 9.17) is 4.74 Å². The number of nitrogens with zero attached hydrogens (tertiary/aromatic N) is 5. The van der Waals surface area contributed by atoms with Gasteiger partial charge < -0.3 is 9.64 Å². The van der Waals surface area contributed by atoms with Gasteiger partial charge >= 0.3 is 5.97 Å². The van der Waals surface area contributed by atoms with E-state index >= 15 is 0 Å². The lowest BCUT2D eigenvalue weighted by atomic mass is 9.84. The van der Waals surface area contributed by atoms with Gasteiger partial charge in [-0.3, -0.25) is 0 Å². The zero-order chi connectivity index (χ0) is 30.0. The van der Waals surface area contributed by atoms with Crippen molar-refractivity contribution in [1.82, 2.24) is 0 Å². The number of carbonyl (C=O) groups is 1. The highest BCUT2D eigenvalue weighted by Crippen LogP contribution is 2.35. The molecule has 7 nitrogen and oxygen atoms in total. The molecular formula is C36H41N5O2. The fourth-order valence-corrected chi connectivity index (χ4v) is 5.59. The van der Waals surface area contributed by atoms with E-state index in [1.54, 1.807) is 24.3 Å².